The van der Waals surface area contributed by atoms with Crippen LogP contribution in [0.1, 0.15) is 43.2 Å². The van der Waals surface area contributed by atoms with E-state index in [1.165, 1.54) is 51.7 Å². The number of likely N-dealkylation sites (N-methyl/N-ethyl adjacent to an activating group) is 2. The van der Waals surface area contributed by atoms with Crippen molar-refractivity contribution in [3.8, 4) is 5.75 Å². The molecule has 1 amide bonds. The van der Waals surface area contributed by atoms with Gasteiger partial charge in [-0.05, 0) is 94.1 Å². The minimum atomic E-state index is -1.29. The summed E-state index contributed by atoms with van der Waals surface area (Å²) in [6, 6.07) is 3.80. The Bertz CT molecular complexity index is 814. The summed E-state index contributed by atoms with van der Waals surface area (Å²) in [5, 5.41) is 0. The lowest BCUT2D eigenvalue weighted by Gasteiger charge is -2.37. The first kappa shape index (κ1) is 27.1. The van der Waals surface area contributed by atoms with Crippen molar-refractivity contribution in [1.29, 1.82) is 0 Å². The fraction of sp³-hybridized carbons (Fsp3) is 0.731. The number of carbonyl (C=O) groups excluding carboxylic acids is 1. The van der Waals surface area contributed by atoms with E-state index in [2.05, 4.69) is 4.90 Å². The van der Waals surface area contributed by atoms with Gasteiger partial charge in [0, 0.05) is 33.7 Å². The summed E-state index contributed by atoms with van der Waals surface area (Å²) < 4.78 is 25.7. The Hall–Kier alpha value is -1.48. The third kappa shape index (κ3) is 7.51. The molecule has 0 radical (unpaired) electrons. The molecule has 1 unspecified atom stereocenters. The molecule has 2 fully saturated rings. The van der Waals surface area contributed by atoms with Crippen molar-refractivity contribution in [2.24, 2.45) is 11.8 Å². The summed E-state index contributed by atoms with van der Waals surface area (Å²) in [7, 11) is 4.04. The fourth-order valence-corrected chi connectivity index (χ4v) is 6.24. The number of benzene rings is 1. The molecule has 192 valence electrons. The molecular weight excluding hydrogens is 450 g/mol. The zero-order valence-corrected chi connectivity index (χ0v) is 22.5. The second-order valence-corrected chi connectivity index (χ2v) is 11.6. The van der Waals surface area contributed by atoms with Crippen molar-refractivity contribution < 1.29 is 18.5 Å². The van der Waals surface area contributed by atoms with Gasteiger partial charge >= 0.3 is 0 Å². The Morgan fingerprint density at radius 2 is 1.71 bits per heavy atom. The highest BCUT2D eigenvalue weighted by Gasteiger charge is 2.26. The minimum absolute atomic E-state index is 0.0216. The predicted octanol–water partition coefficient (Wildman–Crippen LogP) is 3.25. The number of rotatable bonds is 12. The van der Waals surface area contributed by atoms with Gasteiger partial charge in [-0.2, -0.15) is 0 Å². The average Bonchev–Trinajstić information content (AvgIpc) is 2.79. The standard InChI is InChI=1S/C26H43N3O4S/c1-20-15-24(32-5)16-21(2)26(20)34(31)28(4)13-14-33-19-25(30)27(3)17-22-7-9-23(10-8-22)18-29-11-6-12-29/h15-16,22-23H,6-14,17-19H2,1-5H3. The van der Waals surface area contributed by atoms with Crippen LogP contribution in [-0.4, -0.2) is 91.4 Å². The molecule has 34 heavy (non-hydrogen) atoms. The van der Waals surface area contributed by atoms with Gasteiger partial charge in [0.25, 0.3) is 0 Å². The van der Waals surface area contributed by atoms with E-state index in [1.807, 2.05) is 45.0 Å². The molecular formula is C26H43N3O4S. The topological polar surface area (TPSA) is 62.3 Å². The fourth-order valence-electron chi connectivity index (χ4n) is 5.02. The highest BCUT2D eigenvalue weighted by atomic mass is 32.2. The third-order valence-electron chi connectivity index (χ3n) is 7.29. The van der Waals surface area contributed by atoms with Crippen molar-refractivity contribution in [1.82, 2.24) is 14.1 Å². The van der Waals surface area contributed by atoms with Gasteiger partial charge < -0.3 is 19.3 Å². The molecule has 2 aliphatic rings. The monoisotopic (exact) mass is 493 g/mol. The largest absolute Gasteiger partial charge is 0.497 e. The number of nitrogens with zero attached hydrogens (tertiary/aromatic N) is 3. The van der Waals surface area contributed by atoms with Crippen LogP contribution in [0.3, 0.4) is 0 Å². The van der Waals surface area contributed by atoms with Gasteiger partial charge in [0.1, 0.15) is 23.3 Å². The molecule has 7 nitrogen and oxygen atoms in total. The number of amides is 1. The molecule has 0 bridgehead atoms. The van der Waals surface area contributed by atoms with Crippen LogP contribution >= 0.6 is 0 Å². The molecule has 0 spiro atoms. The number of carbonyl (C=O) groups is 1. The first-order valence-corrected chi connectivity index (χ1v) is 13.7. The maximum atomic E-state index is 13.0. The van der Waals surface area contributed by atoms with Gasteiger partial charge in [0.2, 0.25) is 5.91 Å². The molecule has 1 atom stereocenters. The van der Waals surface area contributed by atoms with Crippen LogP contribution < -0.4 is 4.74 Å². The molecule has 1 aliphatic carbocycles. The normalized spacial score (nSPS) is 21.8. The maximum absolute atomic E-state index is 13.0. The zero-order chi connectivity index (χ0) is 24.7. The van der Waals surface area contributed by atoms with Gasteiger partial charge in [-0.1, -0.05) is 0 Å². The van der Waals surface area contributed by atoms with E-state index in [1.54, 1.807) is 11.4 Å². The first-order chi connectivity index (χ1) is 16.3. The first-order valence-electron chi connectivity index (χ1n) is 12.6. The molecule has 1 saturated carbocycles. The molecule has 0 aromatic heterocycles. The van der Waals surface area contributed by atoms with Crippen molar-refractivity contribution in [3.63, 3.8) is 0 Å². The molecule has 1 aliphatic heterocycles. The Labute approximate surface area is 208 Å². The SMILES string of the molecule is COc1cc(C)c(S(=O)N(C)CCOCC(=O)N(C)CC2CCC(CN3CCC3)CC2)c(C)c1. The lowest BCUT2D eigenvalue weighted by atomic mass is 9.81. The van der Waals surface area contributed by atoms with Crippen LogP contribution in [0.15, 0.2) is 17.0 Å². The maximum Gasteiger partial charge on any atom is 0.248 e. The molecule has 3 rings (SSSR count). The summed E-state index contributed by atoms with van der Waals surface area (Å²) in [5.74, 6) is 2.23. The van der Waals surface area contributed by atoms with Crippen molar-refractivity contribution >= 4 is 16.9 Å². The highest BCUT2D eigenvalue weighted by Crippen LogP contribution is 2.30. The molecule has 8 heteroatoms. The number of hydrogen-bond donors (Lipinski definition) is 0. The van der Waals surface area contributed by atoms with E-state index in [4.69, 9.17) is 9.47 Å². The quantitative estimate of drug-likeness (QED) is 0.418. The Balaban J connectivity index is 1.33. The van der Waals surface area contributed by atoms with Crippen LogP contribution in [0.25, 0.3) is 0 Å². The molecule has 0 N–H and O–H groups in total. The summed E-state index contributed by atoms with van der Waals surface area (Å²) in [5.41, 5.74) is 1.88. The van der Waals surface area contributed by atoms with E-state index in [-0.39, 0.29) is 12.5 Å². The smallest absolute Gasteiger partial charge is 0.248 e. The van der Waals surface area contributed by atoms with Crippen molar-refractivity contribution in [2.45, 2.75) is 50.8 Å². The second kappa shape index (κ2) is 13.0. The van der Waals surface area contributed by atoms with Gasteiger partial charge in [0.15, 0.2) is 0 Å². The lowest BCUT2D eigenvalue weighted by molar-refractivity contribution is -0.135. The lowest BCUT2D eigenvalue weighted by Crippen LogP contribution is -2.42. The van der Waals surface area contributed by atoms with Crippen LogP contribution in [0.4, 0.5) is 0 Å². The number of likely N-dealkylation sites (tertiary alicyclic amines) is 1. The third-order valence-corrected chi connectivity index (χ3v) is 9.03. The van der Waals surface area contributed by atoms with E-state index in [0.717, 1.165) is 34.2 Å². The van der Waals surface area contributed by atoms with Gasteiger partial charge in [0.05, 0.1) is 18.6 Å². The summed E-state index contributed by atoms with van der Waals surface area (Å²) in [4.78, 5) is 17.7. The number of aryl methyl sites for hydroxylation is 2. The molecule has 1 heterocycles. The van der Waals surface area contributed by atoms with Gasteiger partial charge in [-0.25, -0.2) is 8.51 Å². The average molecular weight is 494 g/mol. The molecule has 1 saturated heterocycles. The van der Waals surface area contributed by atoms with Crippen LogP contribution in [0, 0.1) is 25.7 Å². The Kier molecular flexibility index (Phi) is 10.4. The van der Waals surface area contributed by atoms with Crippen molar-refractivity contribution in [2.75, 3.05) is 67.1 Å². The zero-order valence-electron chi connectivity index (χ0n) is 21.7. The Morgan fingerprint density at radius 3 is 2.26 bits per heavy atom. The Morgan fingerprint density at radius 1 is 1.09 bits per heavy atom. The number of hydrogen-bond acceptors (Lipinski definition) is 5. The van der Waals surface area contributed by atoms with Crippen molar-refractivity contribution in [3.05, 3.63) is 23.3 Å². The van der Waals surface area contributed by atoms with E-state index < -0.39 is 11.0 Å². The second-order valence-electron chi connectivity index (χ2n) is 10.1. The number of methoxy groups -OCH3 is 1. The predicted molar refractivity (Wildman–Crippen MR) is 136 cm³/mol. The minimum Gasteiger partial charge on any atom is -0.497 e. The highest BCUT2D eigenvalue weighted by molar-refractivity contribution is 7.82. The van der Waals surface area contributed by atoms with E-state index in [0.29, 0.717) is 19.1 Å². The van der Waals surface area contributed by atoms with Crippen LogP contribution in [0.5, 0.6) is 5.75 Å². The van der Waals surface area contributed by atoms with E-state index in [9.17, 15) is 9.00 Å². The van der Waals surface area contributed by atoms with Gasteiger partial charge in [-0.3, -0.25) is 4.79 Å². The summed E-state index contributed by atoms with van der Waals surface area (Å²) >= 11 is 0. The summed E-state index contributed by atoms with van der Waals surface area (Å²) in [6.45, 7) is 9.45. The van der Waals surface area contributed by atoms with Crippen LogP contribution in [-0.2, 0) is 20.5 Å². The van der Waals surface area contributed by atoms with E-state index >= 15 is 0 Å². The summed E-state index contributed by atoms with van der Waals surface area (Å²) in [6.07, 6.45) is 6.38. The molecule has 1 aromatic rings. The van der Waals surface area contributed by atoms with Gasteiger partial charge in [-0.15, -0.1) is 0 Å². The number of ether oxygens (including phenoxy) is 2. The van der Waals surface area contributed by atoms with Crippen LogP contribution in [0.2, 0.25) is 0 Å². The molecule has 1 aromatic carbocycles.